The maximum absolute atomic E-state index is 4.65. The molecule has 0 radical (unpaired) electrons. The van der Waals surface area contributed by atoms with E-state index in [0.717, 1.165) is 50.7 Å². The molecule has 1 atom stereocenters. The first-order chi connectivity index (χ1) is 10.7. The number of aryl methyl sites for hydroxylation is 2. The minimum Gasteiger partial charge on any atom is -0.356 e. The van der Waals surface area contributed by atoms with Gasteiger partial charge in [-0.15, -0.1) is 24.8 Å². The number of anilines is 1. The van der Waals surface area contributed by atoms with Crippen molar-refractivity contribution < 1.29 is 0 Å². The van der Waals surface area contributed by atoms with E-state index in [1.54, 1.807) is 0 Å². The Morgan fingerprint density at radius 2 is 1.92 bits per heavy atom. The fourth-order valence-corrected chi connectivity index (χ4v) is 3.56. The molecule has 0 saturated carbocycles. The van der Waals surface area contributed by atoms with E-state index in [1.165, 1.54) is 25.0 Å². The molecular formula is C17H31Cl2N5. The lowest BCUT2D eigenvalue weighted by molar-refractivity contribution is 0.374. The van der Waals surface area contributed by atoms with Crippen molar-refractivity contribution in [2.45, 2.75) is 58.0 Å². The van der Waals surface area contributed by atoms with Crippen LogP contribution in [0, 0.1) is 6.92 Å². The van der Waals surface area contributed by atoms with E-state index in [2.05, 4.69) is 38.5 Å². The van der Waals surface area contributed by atoms with Gasteiger partial charge in [0.15, 0.2) is 0 Å². The normalized spacial score (nSPS) is 21.2. The van der Waals surface area contributed by atoms with Gasteiger partial charge in [-0.1, -0.05) is 13.3 Å². The average molecular weight is 376 g/mol. The zero-order chi connectivity index (χ0) is 15.4. The van der Waals surface area contributed by atoms with Gasteiger partial charge >= 0.3 is 0 Å². The van der Waals surface area contributed by atoms with Crippen LogP contribution >= 0.6 is 24.8 Å². The highest BCUT2D eigenvalue weighted by Gasteiger charge is 2.24. The van der Waals surface area contributed by atoms with Crippen LogP contribution in [-0.4, -0.2) is 48.2 Å². The Hall–Kier alpha value is -0.620. The number of nitrogens with one attached hydrogen (secondary N) is 2. The topological polar surface area (TPSA) is 53.1 Å². The fraction of sp³-hybridized carbons (Fsp3) is 0.765. The number of halogens is 2. The van der Waals surface area contributed by atoms with Gasteiger partial charge in [0.05, 0.1) is 0 Å². The van der Waals surface area contributed by atoms with Crippen molar-refractivity contribution >= 4 is 30.6 Å². The van der Waals surface area contributed by atoms with Crippen LogP contribution in [0.2, 0.25) is 0 Å². The molecule has 3 heterocycles. The maximum atomic E-state index is 4.65. The molecule has 5 nitrogen and oxygen atoms in total. The summed E-state index contributed by atoms with van der Waals surface area (Å²) < 4.78 is 0. The first-order valence-electron chi connectivity index (χ1n) is 8.81. The standard InChI is InChI=1S/C17H29N5.2ClH/c1-3-4-15-11-17(20-13(2)19-15)22-9-6-14(7-10-22)21-16-5-8-18-12-16;;/h11,14,16,18,21H,3-10,12H2,1-2H3;2*1H/t16-;;/m1../s1. The van der Waals surface area contributed by atoms with E-state index >= 15 is 0 Å². The third kappa shape index (κ3) is 5.73. The van der Waals surface area contributed by atoms with Gasteiger partial charge in [0.2, 0.25) is 0 Å². The Morgan fingerprint density at radius 1 is 1.17 bits per heavy atom. The second-order valence-corrected chi connectivity index (χ2v) is 6.63. The highest BCUT2D eigenvalue weighted by molar-refractivity contribution is 5.85. The molecule has 2 saturated heterocycles. The summed E-state index contributed by atoms with van der Waals surface area (Å²) >= 11 is 0. The van der Waals surface area contributed by atoms with Gasteiger partial charge in [0.25, 0.3) is 0 Å². The van der Waals surface area contributed by atoms with Crippen LogP contribution in [-0.2, 0) is 6.42 Å². The van der Waals surface area contributed by atoms with Crippen molar-refractivity contribution in [1.29, 1.82) is 0 Å². The van der Waals surface area contributed by atoms with Crippen LogP contribution in [0.4, 0.5) is 5.82 Å². The zero-order valence-electron chi connectivity index (χ0n) is 14.8. The largest absolute Gasteiger partial charge is 0.356 e. The number of hydrogen-bond acceptors (Lipinski definition) is 5. The lowest BCUT2D eigenvalue weighted by Gasteiger charge is -2.34. The molecule has 24 heavy (non-hydrogen) atoms. The molecule has 0 aromatic carbocycles. The van der Waals surface area contributed by atoms with Crippen molar-refractivity contribution in [3.8, 4) is 0 Å². The van der Waals surface area contributed by atoms with E-state index < -0.39 is 0 Å². The summed E-state index contributed by atoms with van der Waals surface area (Å²) in [6.45, 7) is 8.69. The molecule has 0 bridgehead atoms. The third-order valence-electron chi connectivity index (χ3n) is 4.73. The molecule has 0 aliphatic carbocycles. The van der Waals surface area contributed by atoms with Crippen LogP contribution < -0.4 is 15.5 Å². The summed E-state index contributed by atoms with van der Waals surface area (Å²) in [5.74, 6) is 2.02. The first-order valence-corrected chi connectivity index (χ1v) is 8.81. The third-order valence-corrected chi connectivity index (χ3v) is 4.73. The van der Waals surface area contributed by atoms with E-state index in [9.17, 15) is 0 Å². The molecule has 0 unspecified atom stereocenters. The second kappa shape index (κ2) is 10.4. The summed E-state index contributed by atoms with van der Waals surface area (Å²) in [4.78, 5) is 11.6. The highest BCUT2D eigenvalue weighted by atomic mass is 35.5. The van der Waals surface area contributed by atoms with E-state index in [1.807, 2.05) is 6.92 Å². The molecule has 0 amide bonds. The van der Waals surface area contributed by atoms with Gasteiger partial charge in [0.1, 0.15) is 11.6 Å². The highest BCUT2D eigenvalue weighted by Crippen LogP contribution is 2.20. The minimum absolute atomic E-state index is 0. The number of rotatable bonds is 5. The first kappa shape index (κ1) is 21.4. The molecule has 2 aliphatic heterocycles. The van der Waals surface area contributed by atoms with Crippen molar-refractivity contribution in [3.05, 3.63) is 17.6 Å². The van der Waals surface area contributed by atoms with Crippen molar-refractivity contribution in [2.75, 3.05) is 31.1 Å². The van der Waals surface area contributed by atoms with Crippen LogP contribution in [0.15, 0.2) is 6.07 Å². The van der Waals surface area contributed by atoms with Crippen LogP contribution in [0.25, 0.3) is 0 Å². The molecule has 1 aromatic rings. The number of aromatic nitrogens is 2. The number of piperidine rings is 1. The summed E-state index contributed by atoms with van der Waals surface area (Å²) in [5.41, 5.74) is 1.18. The molecule has 0 spiro atoms. The Balaban J connectivity index is 0.00000144. The maximum Gasteiger partial charge on any atom is 0.132 e. The number of nitrogens with zero attached hydrogens (tertiary/aromatic N) is 3. The fourth-order valence-electron chi connectivity index (χ4n) is 3.56. The molecule has 7 heteroatoms. The van der Waals surface area contributed by atoms with Gasteiger partial charge < -0.3 is 15.5 Å². The molecular weight excluding hydrogens is 345 g/mol. The van der Waals surface area contributed by atoms with Crippen molar-refractivity contribution in [3.63, 3.8) is 0 Å². The Kier molecular flexibility index (Phi) is 9.27. The predicted molar refractivity (Wildman–Crippen MR) is 105 cm³/mol. The Morgan fingerprint density at radius 3 is 2.54 bits per heavy atom. The zero-order valence-corrected chi connectivity index (χ0v) is 16.4. The Labute approximate surface area is 158 Å². The van der Waals surface area contributed by atoms with Gasteiger partial charge in [-0.3, -0.25) is 0 Å². The van der Waals surface area contributed by atoms with Crippen LogP contribution in [0.5, 0.6) is 0 Å². The predicted octanol–water partition coefficient (Wildman–Crippen LogP) is 2.50. The van der Waals surface area contributed by atoms with Crippen LogP contribution in [0.3, 0.4) is 0 Å². The van der Waals surface area contributed by atoms with Crippen molar-refractivity contribution in [2.24, 2.45) is 0 Å². The molecule has 3 rings (SSSR count). The van der Waals surface area contributed by atoms with Gasteiger partial charge in [0, 0.05) is 43.5 Å². The van der Waals surface area contributed by atoms with E-state index in [0.29, 0.717) is 12.1 Å². The monoisotopic (exact) mass is 375 g/mol. The SMILES string of the molecule is CCCc1cc(N2CCC(N[C@@H]3CCNC3)CC2)nc(C)n1.Cl.Cl. The van der Waals surface area contributed by atoms with E-state index in [-0.39, 0.29) is 24.8 Å². The summed E-state index contributed by atoms with van der Waals surface area (Å²) in [6, 6.07) is 3.53. The molecule has 2 aliphatic rings. The van der Waals surface area contributed by atoms with E-state index in [4.69, 9.17) is 0 Å². The lowest BCUT2D eigenvalue weighted by Crippen LogP contribution is -2.47. The molecule has 2 N–H and O–H groups in total. The van der Waals surface area contributed by atoms with Gasteiger partial charge in [-0.05, 0) is 39.2 Å². The average Bonchev–Trinajstić information content (AvgIpc) is 3.01. The quantitative estimate of drug-likeness (QED) is 0.827. The molecule has 2 fully saturated rings. The molecule has 138 valence electrons. The summed E-state index contributed by atoms with van der Waals surface area (Å²) in [6.07, 6.45) is 5.87. The second-order valence-electron chi connectivity index (χ2n) is 6.63. The van der Waals surface area contributed by atoms with Gasteiger partial charge in [-0.25, -0.2) is 9.97 Å². The van der Waals surface area contributed by atoms with Gasteiger partial charge in [-0.2, -0.15) is 0 Å². The summed E-state index contributed by atoms with van der Waals surface area (Å²) in [5, 5.41) is 7.24. The smallest absolute Gasteiger partial charge is 0.132 e. The van der Waals surface area contributed by atoms with Crippen molar-refractivity contribution in [1.82, 2.24) is 20.6 Å². The lowest BCUT2D eigenvalue weighted by atomic mass is 10.0. The van der Waals surface area contributed by atoms with Crippen LogP contribution in [0.1, 0.15) is 44.1 Å². The number of hydrogen-bond donors (Lipinski definition) is 2. The summed E-state index contributed by atoms with van der Waals surface area (Å²) in [7, 11) is 0. The minimum atomic E-state index is 0. The molecule has 1 aromatic heterocycles. The Bertz CT molecular complexity index is 486.